The molecule has 5 unspecified atom stereocenters. The van der Waals surface area contributed by atoms with Crippen molar-refractivity contribution in [1.82, 2.24) is 26.6 Å². The van der Waals surface area contributed by atoms with E-state index < -0.39 is 29.1 Å². The lowest BCUT2D eigenvalue weighted by Gasteiger charge is -2.33. The normalized spacial score (nSPS) is 14.7. The summed E-state index contributed by atoms with van der Waals surface area (Å²) in [4.78, 5) is 77.4. The number of carbonyl (C=O) groups is 6. The Morgan fingerprint density at radius 3 is 2.00 bits per heavy atom. The van der Waals surface area contributed by atoms with E-state index in [-0.39, 0.29) is 81.0 Å². The molecule has 0 fully saturated rings. The number of nitrogens with two attached hydrogens (primary N) is 2. The molecule has 0 bridgehead atoms. The van der Waals surface area contributed by atoms with Crippen molar-refractivity contribution in [3.63, 3.8) is 0 Å². The lowest BCUT2D eigenvalue weighted by Crippen LogP contribution is -2.45. The minimum atomic E-state index is -1.07. The average Bonchev–Trinajstić information content (AvgIpc) is 3.03. The Morgan fingerprint density at radius 2 is 1.43 bits per heavy atom. The highest BCUT2D eigenvalue weighted by molar-refractivity contribution is 5.85. The Morgan fingerprint density at radius 1 is 0.826 bits per heavy atom. The first-order valence-corrected chi connectivity index (χ1v) is 16.1. The Hall–Kier alpha value is -3.91. The van der Waals surface area contributed by atoms with Crippen LogP contribution in [0.2, 0.25) is 0 Å². The molecular weight excluding hydrogens is 596 g/mol. The third-order valence-electron chi connectivity index (χ3n) is 8.08. The van der Waals surface area contributed by atoms with Gasteiger partial charge in [0.05, 0.1) is 6.67 Å². The second kappa shape index (κ2) is 23.4. The number of nitrogens with zero attached hydrogens (tertiary/aromatic N) is 3. The minimum Gasteiger partial charge on any atom is -0.369 e. The maximum Gasteiger partial charge on any atom is 0.226 e. The fraction of sp³-hybridized carbons (Fsp3) is 0.800. The third kappa shape index (κ3) is 17.5. The summed E-state index contributed by atoms with van der Waals surface area (Å²) >= 11 is 0. The monoisotopic (exact) mass is 652 g/mol. The number of amides is 6. The molecule has 0 aliphatic heterocycles. The zero-order valence-electron chi connectivity index (χ0n) is 28.2. The molecule has 0 spiro atoms. The maximum absolute atomic E-state index is 13.4. The van der Waals surface area contributed by atoms with Gasteiger partial charge in [0.1, 0.15) is 6.54 Å². The van der Waals surface area contributed by atoms with Crippen molar-refractivity contribution in [2.24, 2.45) is 45.7 Å². The van der Waals surface area contributed by atoms with Gasteiger partial charge in [-0.3, -0.25) is 28.8 Å². The zero-order chi connectivity index (χ0) is 35.1. The van der Waals surface area contributed by atoms with Crippen LogP contribution in [0.3, 0.4) is 0 Å². The summed E-state index contributed by atoms with van der Waals surface area (Å²) in [5.41, 5.74) is 18.3. The number of primary amides is 1. The average molecular weight is 653 g/mol. The molecule has 0 aliphatic rings. The molecule has 0 saturated carbocycles. The number of nitrogens with one attached hydrogen (secondary N) is 5. The van der Waals surface area contributed by atoms with Crippen LogP contribution in [0, 0.1) is 29.1 Å². The van der Waals surface area contributed by atoms with E-state index in [1.807, 2.05) is 6.92 Å². The lowest BCUT2D eigenvalue weighted by atomic mass is 9.73. The van der Waals surface area contributed by atoms with Gasteiger partial charge in [-0.1, -0.05) is 39.7 Å². The molecule has 0 rings (SSSR count). The van der Waals surface area contributed by atoms with E-state index in [1.54, 1.807) is 27.7 Å². The van der Waals surface area contributed by atoms with Crippen LogP contribution in [0.15, 0.2) is 5.11 Å². The fourth-order valence-corrected chi connectivity index (χ4v) is 4.66. The summed E-state index contributed by atoms with van der Waals surface area (Å²) in [6.45, 7) is 9.78. The largest absolute Gasteiger partial charge is 0.369 e. The molecule has 16 heteroatoms. The number of rotatable bonds is 25. The molecule has 0 aromatic rings. The first-order chi connectivity index (χ1) is 21.7. The van der Waals surface area contributed by atoms with Gasteiger partial charge in [-0.25, -0.2) is 0 Å². The van der Waals surface area contributed by atoms with Crippen LogP contribution < -0.4 is 38.1 Å². The van der Waals surface area contributed by atoms with Crippen LogP contribution in [-0.4, -0.2) is 74.8 Å². The summed E-state index contributed by atoms with van der Waals surface area (Å²) in [5, 5.41) is 16.9. The predicted molar refractivity (Wildman–Crippen MR) is 174 cm³/mol. The summed E-state index contributed by atoms with van der Waals surface area (Å²) in [5.74, 6) is -3.94. The topological polar surface area (TPSA) is 263 Å². The maximum atomic E-state index is 13.4. The summed E-state index contributed by atoms with van der Waals surface area (Å²) in [6.07, 6.45) is 3.55. The van der Waals surface area contributed by atoms with Crippen molar-refractivity contribution in [2.75, 3.05) is 39.4 Å². The minimum absolute atomic E-state index is 0.0000918. The molecular formula is C30H56N10O6. The van der Waals surface area contributed by atoms with Gasteiger partial charge < -0.3 is 38.1 Å². The molecule has 0 radical (unpaired) electrons. The second-order valence-corrected chi connectivity index (χ2v) is 12.1. The molecule has 5 atom stereocenters. The van der Waals surface area contributed by atoms with Crippen LogP contribution in [0.1, 0.15) is 86.0 Å². The van der Waals surface area contributed by atoms with Crippen molar-refractivity contribution in [2.45, 2.75) is 86.0 Å². The van der Waals surface area contributed by atoms with Gasteiger partial charge in [0, 0.05) is 60.2 Å². The van der Waals surface area contributed by atoms with Crippen LogP contribution in [0.25, 0.3) is 10.4 Å². The summed E-state index contributed by atoms with van der Waals surface area (Å²) in [6, 6.07) is 0. The summed E-state index contributed by atoms with van der Waals surface area (Å²) in [7, 11) is 0. The van der Waals surface area contributed by atoms with Crippen molar-refractivity contribution in [3.05, 3.63) is 10.4 Å². The van der Waals surface area contributed by atoms with Crippen LogP contribution >= 0.6 is 0 Å². The van der Waals surface area contributed by atoms with Crippen LogP contribution in [0.5, 0.6) is 0 Å². The van der Waals surface area contributed by atoms with E-state index in [1.165, 1.54) is 0 Å². The zero-order valence-corrected chi connectivity index (χ0v) is 28.2. The highest BCUT2D eigenvalue weighted by Gasteiger charge is 2.39. The number of carbonyl (C=O) groups excluding carboxylic acids is 6. The van der Waals surface area contributed by atoms with E-state index in [0.717, 1.165) is 0 Å². The Balaban J connectivity index is 5.39. The molecule has 16 nitrogen and oxygen atoms in total. The quantitative estimate of drug-likeness (QED) is 0.0246. The van der Waals surface area contributed by atoms with Gasteiger partial charge in [0.2, 0.25) is 35.4 Å². The summed E-state index contributed by atoms with van der Waals surface area (Å²) < 4.78 is 0. The van der Waals surface area contributed by atoms with Gasteiger partial charge in [-0.05, 0) is 56.9 Å². The number of hydrogen-bond acceptors (Lipinski definition) is 8. The molecule has 0 aliphatic carbocycles. The van der Waals surface area contributed by atoms with Crippen LogP contribution in [-0.2, 0) is 28.8 Å². The van der Waals surface area contributed by atoms with Gasteiger partial charge in [0.25, 0.3) is 0 Å². The fourth-order valence-electron chi connectivity index (χ4n) is 4.66. The molecule has 0 heterocycles. The van der Waals surface area contributed by atoms with Crippen molar-refractivity contribution in [3.8, 4) is 0 Å². The van der Waals surface area contributed by atoms with Gasteiger partial charge in [-0.2, -0.15) is 0 Å². The first kappa shape index (κ1) is 42.1. The standard InChI is InChI=1S/C30H56N10O6/c1-6-20(2)26(43)37-19-38-27(44)21(3)10-11-30(5,29(46)36-15-12-31)17-23(16-22(4)25(32)42)28(45)35-14-9-7-8-13-34-24(41)18-39-40-33/h20-23H,6-19,31H2,1-5H3,(H2,32,42)(H,34,41)(H,35,45)(H,36,46)(H,37,43)(H,38,44). The Kier molecular flexibility index (Phi) is 21.4. The molecule has 9 N–H and O–H groups in total. The number of unbranched alkanes of at least 4 members (excludes halogenated alkanes) is 2. The molecule has 262 valence electrons. The second-order valence-electron chi connectivity index (χ2n) is 12.1. The van der Waals surface area contributed by atoms with Gasteiger partial charge in [-0.15, -0.1) is 0 Å². The van der Waals surface area contributed by atoms with E-state index in [4.69, 9.17) is 17.0 Å². The Bertz CT molecular complexity index is 1050. The van der Waals surface area contributed by atoms with Crippen LogP contribution in [0.4, 0.5) is 0 Å². The SMILES string of the molecule is CCC(C)C(=O)NCNC(=O)C(C)CCC(C)(CC(CC(C)C(N)=O)C(=O)NCCCCCNC(=O)CN=[N+]=[N-])C(=O)NCCN. The van der Waals surface area contributed by atoms with Gasteiger partial charge >= 0.3 is 0 Å². The molecule has 46 heavy (non-hydrogen) atoms. The first-order valence-electron chi connectivity index (χ1n) is 16.1. The molecule has 0 aromatic carbocycles. The molecule has 6 amide bonds. The third-order valence-corrected chi connectivity index (χ3v) is 8.08. The molecule has 0 aromatic heterocycles. The highest BCUT2D eigenvalue weighted by Crippen LogP contribution is 2.36. The van der Waals surface area contributed by atoms with Crippen molar-refractivity contribution < 1.29 is 28.8 Å². The lowest BCUT2D eigenvalue weighted by molar-refractivity contribution is -0.135. The highest BCUT2D eigenvalue weighted by atomic mass is 16.2. The van der Waals surface area contributed by atoms with Crippen molar-refractivity contribution >= 4 is 35.4 Å². The van der Waals surface area contributed by atoms with E-state index >= 15 is 0 Å². The van der Waals surface area contributed by atoms with E-state index in [9.17, 15) is 28.8 Å². The van der Waals surface area contributed by atoms with Crippen molar-refractivity contribution in [1.29, 1.82) is 0 Å². The van der Waals surface area contributed by atoms with E-state index in [0.29, 0.717) is 45.2 Å². The number of azide groups is 1. The molecule has 0 saturated heterocycles. The van der Waals surface area contributed by atoms with Gasteiger partial charge in [0.15, 0.2) is 0 Å². The van der Waals surface area contributed by atoms with E-state index in [2.05, 4.69) is 36.6 Å². The smallest absolute Gasteiger partial charge is 0.226 e. The Labute approximate surface area is 272 Å². The predicted octanol–water partition coefficient (Wildman–Crippen LogP) is 0.951. The number of hydrogen-bond donors (Lipinski definition) is 7.